The number of hydrogen-bond donors (Lipinski definition) is 1. The van der Waals surface area contributed by atoms with Crippen molar-refractivity contribution in [1.29, 1.82) is 0 Å². The molecule has 0 fully saturated rings. The maximum atomic E-state index is 6.04. The van der Waals surface area contributed by atoms with Crippen LogP contribution in [-0.2, 0) is 0 Å². The van der Waals surface area contributed by atoms with Gasteiger partial charge in [0.2, 0.25) is 0 Å². The number of allylic oxidation sites excluding steroid dienone is 1. The van der Waals surface area contributed by atoms with E-state index in [2.05, 4.69) is 22.0 Å². The molecule has 0 saturated carbocycles. The van der Waals surface area contributed by atoms with Gasteiger partial charge in [-0.3, -0.25) is 0 Å². The van der Waals surface area contributed by atoms with Crippen molar-refractivity contribution in [2.75, 3.05) is 11.1 Å². The SMILES string of the molecule is Cc1cc(C=CCCBr)c(Cl)cc1N. The molecule has 0 aromatic heterocycles. The second-order valence-corrected chi connectivity index (χ2v) is 4.31. The van der Waals surface area contributed by atoms with Crippen LogP contribution in [0.2, 0.25) is 5.02 Å². The quantitative estimate of drug-likeness (QED) is 0.653. The fourth-order valence-electron chi connectivity index (χ4n) is 1.12. The number of rotatable bonds is 3. The highest BCUT2D eigenvalue weighted by atomic mass is 79.9. The van der Waals surface area contributed by atoms with Crippen molar-refractivity contribution in [3.05, 3.63) is 34.4 Å². The van der Waals surface area contributed by atoms with Gasteiger partial charge in [-0.15, -0.1) is 0 Å². The third-order valence-corrected chi connectivity index (χ3v) is 2.74. The molecule has 1 nitrogen and oxygen atoms in total. The molecule has 0 aliphatic rings. The molecule has 0 spiro atoms. The molecule has 1 rings (SSSR count). The van der Waals surface area contributed by atoms with Gasteiger partial charge in [0, 0.05) is 16.0 Å². The first-order valence-electron chi connectivity index (χ1n) is 4.43. The number of anilines is 1. The monoisotopic (exact) mass is 273 g/mol. The summed E-state index contributed by atoms with van der Waals surface area (Å²) >= 11 is 9.40. The normalized spacial score (nSPS) is 11.1. The van der Waals surface area contributed by atoms with E-state index in [4.69, 9.17) is 17.3 Å². The molecule has 0 aliphatic heterocycles. The van der Waals surface area contributed by atoms with E-state index in [-0.39, 0.29) is 0 Å². The molecule has 3 heteroatoms. The maximum absolute atomic E-state index is 6.04. The minimum absolute atomic E-state index is 0.707. The molecule has 2 N–H and O–H groups in total. The Morgan fingerprint density at radius 3 is 2.86 bits per heavy atom. The fraction of sp³-hybridized carbons (Fsp3) is 0.273. The van der Waals surface area contributed by atoms with E-state index in [1.807, 2.05) is 19.1 Å². The van der Waals surface area contributed by atoms with Crippen LogP contribution in [0.4, 0.5) is 5.69 Å². The molecule has 0 bridgehead atoms. The third-order valence-electron chi connectivity index (χ3n) is 1.96. The zero-order chi connectivity index (χ0) is 10.6. The standard InChI is InChI=1S/C11H13BrClN/c1-8-6-9(4-2-3-5-12)10(13)7-11(8)14/h2,4,6-7H,3,5,14H2,1H3. The topological polar surface area (TPSA) is 26.0 Å². The zero-order valence-corrected chi connectivity index (χ0v) is 10.4. The average molecular weight is 275 g/mol. The van der Waals surface area contributed by atoms with Crippen LogP contribution in [-0.4, -0.2) is 5.33 Å². The Kier molecular flexibility index (Phi) is 4.49. The molecule has 76 valence electrons. The summed E-state index contributed by atoms with van der Waals surface area (Å²) < 4.78 is 0. The number of alkyl halides is 1. The van der Waals surface area contributed by atoms with Gasteiger partial charge >= 0.3 is 0 Å². The first kappa shape index (κ1) is 11.6. The van der Waals surface area contributed by atoms with Gasteiger partial charge in [0.15, 0.2) is 0 Å². The molecule has 0 amide bonds. The largest absolute Gasteiger partial charge is 0.398 e. The second kappa shape index (κ2) is 5.42. The van der Waals surface area contributed by atoms with Crippen molar-refractivity contribution >= 4 is 39.3 Å². The number of nitrogen functional groups attached to an aromatic ring is 1. The van der Waals surface area contributed by atoms with E-state index in [1.54, 1.807) is 6.07 Å². The van der Waals surface area contributed by atoms with Crippen LogP contribution in [0.5, 0.6) is 0 Å². The maximum Gasteiger partial charge on any atom is 0.0498 e. The molecule has 0 aliphatic carbocycles. The Bertz CT molecular complexity index is 347. The van der Waals surface area contributed by atoms with Gasteiger partial charge in [0.25, 0.3) is 0 Å². The Morgan fingerprint density at radius 1 is 1.50 bits per heavy atom. The highest BCUT2D eigenvalue weighted by molar-refractivity contribution is 9.09. The third kappa shape index (κ3) is 3.03. The van der Waals surface area contributed by atoms with Crippen molar-refractivity contribution in [2.45, 2.75) is 13.3 Å². The summed E-state index contributed by atoms with van der Waals surface area (Å²) in [4.78, 5) is 0. The lowest BCUT2D eigenvalue weighted by atomic mass is 10.1. The Labute approximate surface area is 98.1 Å². The zero-order valence-electron chi connectivity index (χ0n) is 8.06. The molecular formula is C11H13BrClN. The van der Waals surface area contributed by atoms with Gasteiger partial charge in [0.05, 0.1) is 0 Å². The van der Waals surface area contributed by atoms with E-state index >= 15 is 0 Å². The molecule has 0 unspecified atom stereocenters. The van der Waals surface area contributed by atoms with Crippen molar-refractivity contribution in [1.82, 2.24) is 0 Å². The summed E-state index contributed by atoms with van der Waals surface area (Å²) in [5.74, 6) is 0. The van der Waals surface area contributed by atoms with Crippen LogP contribution in [0.15, 0.2) is 18.2 Å². The van der Waals surface area contributed by atoms with Crippen molar-refractivity contribution < 1.29 is 0 Å². The summed E-state index contributed by atoms with van der Waals surface area (Å²) in [6, 6.07) is 3.80. The first-order chi connectivity index (χ1) is 6.65. The predicted molar refractivity (Wildman–Crippen MR) is 68.0 cm³/mol. The van der Waals surface area contributed by atoms with Crippen molar-refractivity contribution in [2.24, 2.45) is 0 Å². The number of halogens is 2. The lowest BCUT2D eigenvalue weighted by Gasteiger charge is -2.04. The van der Waals surface area contributed by atoms with Gasteiger partial charge in [-0.05, 0) is 36.6 Å². The Balaban J connectivity index is 2.92. The van der Waals surface area contributed by atoms with E-state index in [0.717, 1.165) is 28.6 Å². The summed E-state index contributed by atoms with van der Waals surface area (Å²) in [6.45, 7) is 1.98. The Hall–Kier alpha value is -0.470. The van der Waals surface area contributed by atoms with E-state index in [0.29, 0.717) is 5.02 Å². The predicted octanol–water partition coefficient (Wildman–Crippen LogP) is 4.03. The number of aryl methyl sites for hydroxylation is 1. The van der Waals surface area contributed by atoms with Crippen molar-refractivity contribution in [3.8, 4) is 0 Å². The minimum Gasteiger partial charge on any atom is -0.398 e. The van der Waals surface area contributed by atoms with E-state index in [9.17, 15) is 0 Å². The summed E-state index contributed by atoms with van der Waals surface area (Å²) in [5, 5.41) is 1.67. The van der Waals surface area contributed by atoms with E-state index in [1.165, 1.54) is 0 Å². The van der Waals surface area contributed by atoms with Crippen LogP contribution >= 0.6 is 27.5 Å². The number of hydrogen-bond acceptors (Lipinski definition) is 1. The minimum atomic E-state index is 0.707. The van der Waals surface area contributed by atoms with Crippen LogP contribution in [0.25, 0.3) is 6.08 Å². The highest BCUT2D eigenvalue weighted by Crippen LogP contribution is 2.24. The average Bonchev–Trinajstić information content (AvgIpc) is 2.14. The van der Waals surface area contributed by atoms with Crippen LogP contribution in [0.3, 0.4) is 0 Å². The molecule has 0 radical (unpaired) electrons. The molecule has 0 saturated heterocycles. The molecule has 1 aromatic carbocycles. The number of nitrogens with two attached hydrogens (primary N) is 1. The smallest absolute Gasteiger partial charge is 0.0498 e. The molecular weight excluding hydrogens is 261 g/mol. The number of benzene rings is 1. The van der Waals surface area contributed by atoms with Gasteiger partial charge < -0.3 is 5.73 Å². The second-order valence-electron chi connectivity index (χ2n) is 3.11. The fourth-order valence-corrected chi connectivity index (χ4v) is 1.62. The van der Waals surface area contributed by atoms with Gasteiger partial charge in [-0.2, -0.15) is 0 Å². The molecule has 14 heavy (non-hydrogen) atoms. The van der Waals surface area contributed by atoms with Gasteiger partial charge in [0.1, 0.15) is 0 Å². The van der Waals surface area contributed by atoms with Crippen molar-refractivity contribution in [3.63, 3.8) is 0 Å². The van der Waals surface area contributed by atoms with Crippen LogP contribution in [0.1, 0.15) is 17.5 Å². The van der Waals surface area contributed by atoms with E-state index < -0.39 is 0 Å². The van der Waals surface area contributed by atoms with Gasteiger partial charge in [-0.1, -0.05) is 39.7 Å². The lowest BCUT2D eigenvalue weighted by molar-refractivity contribution is 1.27. The van der Waals surface area contributed by atoms with Crippen LogP contribution in [0, 0.1) is 6.92 Å². The van der Waals surface area contributed by atoms with Crippen LogP contribution < -0.4 is 5.73 Å². The molecule has 1 aromatic rings. The lowest BCUT2D eigenvalue weighted by Crippen LogP contribution is -1.90. The van der Waals surface area contributed by atoms with Gasteiger partial charge in [-0.25, -0.2) is 0 Å². The first-order valence-corrected chi connectivity index (χ1v) is 5.93. The summed E-state index contributed by atoms with van der Waals surface area (Å²) in [7, 11) is 0. The molecule has 0 heterocycles. The molecule has 0 atom stereocenters. The Morgan fingerprint density at radius 2 is 2.21 bits per heavy atom. The highest BCUT2D eigenvalue weighted by Gasteiger charge is 2.00. The summed E-state index contributed by atoms with van der Waals surface area (Å²) in [5.41, 5.74) is 8.56. The summed E-state index contributed by atoms with van der Waals surface area (Å²) in [6.07, 6.45) is 5.11.